The first-order valence-electron chi connectivity index (χ1n) is 11.5. The topological polar surface area (TPSA) is 112 Å². The Morgan fingerprint density at radius 2 is 1.26 bits per heavy atom. The zero-order valence-electron chi connectivity index (χ0n) is 18.3. The summed E-state index contributed by atoms with van der Waals surface area (Å²) in [4.78, 5) is 34.6. The summed E-state index contributed by atoms with van der Waals surface area (Å²) in [6.07, 6.45) is 8.04. The van der Waals surface area contributed by atoms with Gasteiger partial charge in [-0.2, -0.15) is 0 Å². The fourth-order valence-electron chi connectivity index (χ4n) is 5.14. The molecule has 2 unspecified atom stereocenters. The molecular weight excluding hydrogens is 396 g/mol. The minimum Gasteiger partial charge on any atom is -0.481 e. The van der Waals surface area contributed by atoms with Gasteiger partial charge in [0.2, 0.25) is 0 Å². The molecule has 1 aliphatic carbocycles. The molecule has 2 atom stereocenters. The third kappa shape index (κ3) is 9.53. The lowest BCUT2D eigenvalue weighted by Crippen LogP contribution is -2.30. The van der Waals surface area contributed by atoms with E-state index in [-0.39, 0.29) is 31.1 Å². The van der Waals surface area contributed by atoms with Crippen LogP contribution in [-0.2, 0) is 20.8 Å². The summed E-state index contributed by atoms with van der Waals surface area (Å²) in [5.74, 6) is -2.35. The van der Waals surface area contributed by atoms with E-state index in [0.29, 0.717) is 32.1 Å². The number of aliphatic carboxylic acids is 3. The summed E-state index contributed by atoms with van der Waals surface area (Å²) in [5, 5.41) is 28.4. The van der Waals surface area contributed by atoms with E-state index in [2.05, 4.69) is 0 Å². The number of carboxylic acids is 3. The summed E-state index contributed by atoms with van der Waals surface area (Å²) < 4.78 is 0. The Labute approximate surface area is 184 Å². The summed E-state index contributed by atoms with van der Waals surface area (Å²) >= 11 is 0. The predicted octanol–water partition coefficient (Wildman–Crippen LogP) is 5.40. The lowest BCUT2D eigenvalue weighted by atomic mass is 9.68. The second-order valence-corrected chi connectivity index (χ2v) is 9.38. The Kier molecular flexibility index (Phi) is 10.0. The second kappa shape index (κ2) is 12.5. The third-order valence-corrected chi connectivity index (χ3v) is 6.77. The van der Waals surface area contributed by atoms with Crippen molar-refractivity contribution in [2.75, 3.05) is 0 Å². The van der Waals surface area contributed by atoms with Gasteiger partial charge in [-0.1, -0.05) is 49.6 Å². The molecule has 1 fully saturated rings. The lowest BCUT2D eigenvalue weighted by molar-refractivity contribution is -0.141. The Bertz CT molecular complexity index is 684. The van der Waals surface area contributed by atoms with E-state index in [0.717, 1.165) is 37.7 Å². The van der Waals surface area contributed by atoms with Gasteiger partial charge < -0.3 is 15.3 Å². The molecule has 0 amide bonds. The van der Waals surface area contributed by atoms with Crippen LogP contribution >= 0.6 is 0 Å². The van der Waals surface area contributed by atoms with Crippen LogP contribution in [0, 0.1) is 17.3 Å². The first kappa shape index (κ1) is 24.9. The highest BCUT2D eigenvalue weighted by Crippen LogP contribution is 2.42. The standard InChI is InChI=1S/C25H36O6/c26-22(27)15-19-7-3-1-4-8-20(16-23(28)29)12-14-25(13-11-19,18-24(30)31)17-21-9-5-2-6-10-21/h2,5-6,9-10,19-20H,1,3-4,7-8,11-18H2,(H,26,27)(H,28,29)(H,30,31). The lowest BCUT2D eigenvalue weighted by Gasteiger charge is -2.36. The van der Waals surface area contributed by atoms with Crippen molar-refractivity contribution in [1.82, 2.24) is 0 Å². The van der Waals surface area contributed by atoms with Crippen LogP contribution < -0.4 is 0 Å². The Balaban J connectivity index is 2.30. The summed E-state index contributed by atoms with van der Waals surface area (Å²) in [7, 11) is 0. The highest BCUT2D eigenvalue weighted by atomic mass is 16.4. The third-order valence-electron chi connectivity index (χ3n) is 6.77. The molecule has 31 heavy (non-hydrogen) atoms. The number of benzene rings is 1. The number of carbonyl (C=O) groups is 3. The molecule has 1 saturated carbocycles. The molecule has 0 bridgehead atoms. The molecule has 1 aromatic rings. The molecule has 172 valence electrons. The van der Waals surface area contributed by atoms with E-state index in [1.165, 1.54) is 0 Å². The van der Waals surface area contributed by atoms with E-state index in [4.69, 9.17) is 0 Å². The van der Waals surface area contributed by atoms with Gasteiger partial charge >= 0.3 is 17.9 Å². The largest absolute Gasteiger partial charge is 0.481 e. The summed E-state index contributed by atoms with van der Waals surface area (Å²) in [5.41, 5.74) is 0.570. The average Bonchev–Trinajstić information content (AvgIpc) is 2.68. The molecule has 1 aromatic carbocycles. The van der Waals surface area contributed by atoms with E-state index < -0.39 is 23.3 Å². The van der Waals surface area contributed by atoms with Gasteiger partial charge in [0, 0.05) is 12.8 Å². The first-order chi connectivity index (χ1) is 14.8. The average molecular weight is 433 g/mol. The molecular formula is C25H36O6. The second-order valence-electron chi connectivity index (χ2n) is 9.38. The van der Waals surface area contributed by atoms with Crippen molar-refractivity contribution < 1.29 is 29.7 Å². The van der Waals surface area contributed by atoms with Gasteiger partial charge in [0.15, 0.2) is 0 Å². The van der Waals surface area contributed by atoms with Crippen molar-refractivity contribution in [2.24, 2.45) is 17.3 Å². The van der Waals surface area contributed by atoms with E-state index >= 15 is 0 Å². The highest BCUT2D eigenvalue weighted by molar-refractivity contribution is 5.68. The molecule has 3 N–H and O–H groups in total. The normalized spacial score (nSPS) is 25.7. The molecule has 0 radical (unpaired) electrons. The van der Waals surface area contributed by atoms with Gasteiger partial charge in [-0.05, 0) is 67.8 Å². The fourth-order valence-corrected chi connectivity index (χ4v) is 5.14. The van der Waals surface area contributed by atoms with E-state index in [9.17, 15) is 29.7 Å². The van der Waals surface area contributed by atoms with Gasteiger partial charge in [-0.15, -0.1) is 0 Å². The van der Waals surface area contributed by atoms with Crippen LogP contribution in [0.1, 0.15) is 82.6 Å². The highest BCUT2D eigenvalue weighted by Gasteiger charge is 2.35. The Morgan fingerprint density at radius 1 is 0.742 bits per heavy atom. The van der Waals surface area contributed by atoms with Crippen molar-refractivity contribution in [3.8, 4) is 0 Å². The molecule has 0 spiro atoms. The minimum absolute atomic E-state index is 0.0154. The zero-order valence-corrected chi connectivity index (χ0v) is 18.3. The number of carboxylic acid groups (broad SMARTS) is 3. The smallest absolute Gasteiger partial charge is 0.303 e. The molecule has 0 aliphatic heterocycles. The molecule has 0 saturated heterocycles. The maximum absolute atomic E-state index is 11.9. The number of hydrogen-bond donors (Lipinski definition) is 3. The van der Waals surface area contributed by atoms with Crippen LogP contribution in [0.25, 0.3) is 0 Å². The quantitative estimate of drug-likeness (QED) is 0.507. The van der Waals surface area contributed by atoms with Crippen LogP contribution in [-0.4, -0.2) is 33.2 Å². The molecule has 1 aliphatic rings. The van der Waals surface area contributed by atoms with Crippen molar-refractivity contribution in [2.45, 2.75) is 83.5 Å². The summed E-state index contributed by atoms with van der Waals surface area (Å²) in [6, 6.07) is 9.83. The monoisotopic (exact) mass is 432 g/mol. The van der Waals surface area contributed by atoms with E-state index in [1.54, 1.807) is 0 Å². The molecule has 6 heteroatoms. The van der Waals surface area contributed by atoms with E-state index in [1.807, 2.05) is 30.3 Å². The summed E-state index contributed by atoms with van der Waals surface area (Å²) in [6.45, 7) is 0. The van der Waals surface area contributed by atoms with Gasteiger partial charge in [-0.25, -0.2) is 0 Å². The number of rotatable bonds is 8. The molecule has 0 aromatic heterocycles. The van der Waals surface area contributed by atoms with Crippen LogP contribution in [0.3, 0.4) is 0 Å². The fraction of sp³-hybridized carbons (Fsp3) is 0.640. The van der Waals surface area contributed by atoms with Gasteiger partial charge in [0.1, 0.15) is 0 Å². The van der Waals surface area contributed by atoms with Crippen LogP contribution in [0.4, 0.5) is 0 Å². The van der Waals surface area contributed by atoms with Crippen LogP contribution in [0.15, 0.2) is 30.3 Å². The predicted molar refractivity (Wildman–Crippen MR) is 118 cm³/mol. The van der Waals surface area contributed by atoms with Gasteiger partial charge in [0.25, 0.3) is 0 Å². The Morgan fingerprint density at radius 3 is 1.71 bits per heavy atom. The van der Waals surface area contributed by atoms with Crippen molar-refractivity contribution in [1.29, 1.82) is 0 Å². The first-order valence-corrected chi connectivity index (χ1v) is 11.5. The van der Waals surface area contributed by atoms with Crippen LogP contribution in [0.2, 0.25) is 0 Å². The van der Waals surface area contributed by atoms with Gasteiger partial charge in [-0.3, -0.25) is 14.4 Å². The van der Waals surface area contributed by atoms with Crippen molar-refractivity contribution in [3.05, 3.63) is 35.9 Å². The maximum atomic E-state index is 11.9. The zero-order chi connectivity index (χ0) is 22.7. The van der Waals surface area contributed by atoms with Gasteiger partial charge in [0.05, 0.1) is 6.42 Å². The maximum Gasteiger partial charge on any atom is 0.303 e. The molecule has 2 rings (SSSR count). The number of hydrogen-bond acceptors (Lipinski definition) is 3. The molecule has 0 heterocycles. The van der Waals surface area contributed by atoms with Crippen LogP contribution in [0.5, 0.6) is 0 Å². The van der Waals surface area contributed by atoms with Crippen molar-refractivity contribution in [3.63, 3.8) is 0 Å². The Hall–Kier alpha value is -2.37. The minimum atomic E-state index is -0.854. The van der Waals surface area contributed by atoms with Crippen molar-refractivity contribution >= 4 is 17.9 Å². The SMILES string of the molecule is O=C(O)CC1CCCCCC(CC(=O)O)CCC(CC(=O)O)(Cc2ccccc2)CC1. The molecule has 6 nitrogen and oxygen atoms in total.